The van der Waals surface area contributed by atoms with E-state index in [1.807, 2.05) is 0 Å². The van der Waals surface area contributed by atoms with Crippen molar-refractivity contribution in [1.29, 1.82) is 0 Å². The first-order chi connectivity index (χ1) is 7.65. The van der Waals surface area contributed by atoms with Crippen LogP contribution in [0.25, 0.3) is 0 Å². The van der Waals surface area contributed by atoms with Gasteiger partial charge in [0, 0.05) is 13.2 Å². The Kier molecular flexibility index (Phi) is 5.50. The molecule has 2 atom stereocenters. The van der Waals surface area contributed by atoms with E-state index in [9.17, 15) is 0 Å². The Morgan fingerprint density at radius 3 is 2.25 bits per heavy atom. The highest BCUT2D eigenvalue weighted by atomic mass is 16.5. The van der Waals surface area contributed by atoms with Gasteiger partial charge in [-0.2, -0.15) is 0 Å². The van der Waals surface area contributed by atoms with Gasteiger partial charge in [-0.15, -0.1) is 0 Å². The molecule has 0 spiro atoms. The van der Waals surface area contributed by atoms with Gasteiger partial charge in [-0.25, -0.2) is 0 Å². The van der Waals surface area contributed by atoms with Crippen LogP contribution in [0.5, 0.6) is 0 Å². The predicted molar refractivity (Wildman–Crippen MR) is 68.6 cm³/mol. The van der Waals surface area contributed by atoms with E-state index in [-0.39, 0.29) is 12.1 Å². The molecule has 0 radical (unpaired) electrons. The lowest BCUT2D eigenvalue weighted by Gasteiger charge is -2.16. The second kappa shape index (κ2) is 6.66. The lowest BCUT2D eigenvalue weighted by atomic mass is 10.0. The van der Waals surface area contributed by atoms with Crippen LogP contribution in [0.1, 0.15) is 31.4 Å². The third-order valence-corrected chi connectivity index (χ3v) is 2.97. The molecule has 0 amide bonds. The molecule has 0 bridgehead atoms. The molecule has 0 fully saturated rings. The van der Waals surface area contributed by atoms with Crippen molar-refractivity contribution < 1.29 is 4.74 Å². The fourth-order valence-electron chi connectivity index (χ4n) is 1.82. The molecule has 0 saturated carbocycles. The normalized spacial score (nSPS) is 14.8. The van der Waals surface area contributed by atoms with Crippen LogP contribution in [0.15, 0.2) is 24.3 Å². The molecule has 2 N–H and O–H groups in total. The molecule has 1 rings (SSSR count). The largest absolute Gasteiger partial charge is 0.382 e. The minimum atomic E-state index is 0.183. The summed E-state index contributed by atoms with van der Waals surface area (Å²) in [5, 5.41) is 0. The molecule has 2 unspecified atom stereocenters. The van der Waals surface area contributed by atoms with Gasteiger partial charge >= 0.3 is 0 Å². The van der Waals surface area contributed by atoms with E-state index in [1.54, 1.807) is 7.11 Å². The first-order valence-electron chi connectivity index (χ1n) is 6.01. The number of hydrogen-bond donors (Lipinski definition) is 1. The van der Waals surface area contributed by atoms with Gasteiger partial charge in [-0.1, -0.05) is 31.2 Å². The number of rotatable bonds is 6. The fourth-order valence-corrected chi connectivity index (χ4v) is 1.82. The highest BCUT2D eigenvalue weighted by Crippen LogP contribution is 2.09. The first kappa shape index (κ1) is 13.2. The van der Waals surface area contributed by atoms with Crippen LogP contribution in [0, 0.1) is 0 Å². The number of methoxy groups -OCH3 is 1. The molecular formula is C14H23NO. The lowest BCUT2D eigenvalue weighted by molar-refractivity contribution is 0.104. The van der Waals surface area contributed by atoms with Crippen LogP contribution >= 0.6 is 0 Å². The molecular weight excluding hydrogens is 198 g/mol. The Bertz CT molecular complexity index is 294. The summed E-state index contributed by atoms with van der Waals surface area (Å²) in [4.78, 5) is 0. The Balaban J connectivity index is 2.46. The molecule has 2 nitrogen and oxygen atoms in total. The van der Waals surface area contributed by atoms with Gasteiger partial charge in [0.25, 0.3) is 0 Å². The number of aryl methyl sites for hydroxylation is 1. The zero-order chi connectivity index (χ0) is 12.0. The molecule has 0 aliphatic rings. The average molecular weight is 221 g/mol. The van der Waals surface area contributed by atoms with E-state index in [0.717, 1.165) is 19.3 Å². The van der Waals surface area contributed by atoms with Crippen molar-refractivity contribution in [3.63, 3.8) is 0 Å². The molecule has 0 saturated heterocycles. The standard InChI is InChI=1S/C14H23NO/c1-4-12-5-7-13(8-6-12)10-14(15)9-11(2)16-3/h5-8,11,14H,4,9-10,15H2,1-3H3. The van der Waals surface area contributed by atoms with Gasteiger partial charge < -0.3 is 10.5 Å². The van der Waals surface area contributed by atoms with Gasteiger partial charge in [0.1, 0.15) is 0 Å². The second-order valence-corrected chi connectivity index (χ2v) is 4.42. The molecule has 1 aromatic carbocycles. The molecule has 2 heteroatoms. The molecule has 0 aliphatic heterocycles. The summed E-state index contributed by atoms with van der Waals surface area (Å²) in [5.41, 5.74) is 8.76. The van der Waals surface area contributed by atoms with Crippen molar-refractivity contribution in [1.82, 2.24) is 0 Å². The Morgan fingerprint density at radius 1 is 1.19 bits per heavy atom. The Hall–Kier alpha value is -0.860. The molecule has 0 heterocycles. The van der Waals surface area contributed by atoms with E-state index in [2.05, 4.69) is 38.1 Å². The predicted octanol–water partition coefficient (Wildman–Crippen LogP) is 2.54. The molecule has 0 aliphatic carbocycles. The van der Waals surface area contributed by atoms with Crippen molar-refractivity contribution in [2.75, 3.05) is 7.11 Å². The maximum Gasteiger partial charge on any atom is 0.0558 e. The van der Waals surface area contributed by atoms with Crippen LogP contribution in [0.3, 0.4) is 0 Å². The van der Waals surface area contributed by atoms with Crippen molar-refractivity contribution in [2.45, 2.75) is 45.3 Å². The first-order valence-corrected chi connectivity index (χ1v) is 6.01. The topological polar surface area (TPSA) is 35.2 Å². The third kappa shape index (κ3) is 4.33. The van der Waals surface area contributed by atoms with Gasteiger partial charge in [0.2, 0.25) is 0 Å². The van der Waals surface area contributed by atoms with E-state index < -0.39 is 0 Å². The van der Waals surface area contributed by atoms with Crippen LogP contribution in [-0.4, -0.2) is 19.3 Å². The maximum atomic E-state index is 6.07. The molecule has 1 aromatic rings. The zero-order valence-electron chi connectivity index (χ0n) is 10.6. The van der Waals surface area contributed by atoms with Gasteiger partial charge in [-0.3, -0.25) is 0 Å². The van der Waals surface area contributed by atoms with E-state index in [0.29, 0.717) is 0 Å². The van der Waals surface area contributed by atoms with Crippen LogP contribution in [0.4, 0.5) is 0 Å². The smallest absolute Gasteiger partial charge is 0.0558 e. The van der Waals surface area contributed by atoms with Crippen molar-refractivity contribution in [3.8, 4) is 0 Å². The Morgan fingerprint density at radius 2 is 1.75 bits per heavy atom. The van der Waals surface area contributed by atoms with Crippen molar-refractivity contribution in [3.05, 3.63) is 35.4 Å². The summed E-state index contributed by atoms with van der Waals surface area (Å²) in [6.45, 7) is 4.22. The average Bonchev–Trinajstić information content (AvgIpc) is 2.29. The fraction of sp³-hybridized carbons (Fsp3) is 0.571. The SMILES string of the molecule is CCc1ccc(CC(N)CC(C)OC)cc1. The highest BCUT2D eigenvalue weighted by molar-refractivity contribution is 5.23. The minimum absolute atomic E-state index is 0.183. The van der Waals surface area contributed by atoms with E-state index >= 15 is 0 Å². The Labute approximate surface area is 98.8 Å². The number of nitrogens with two attached hydrogens (primary N) is 1. The number of ether oxygens (including phenoxy) is 1. The number of benzene rings is 1. The second-order valence-electron chi connectivity index (χ2n) is 4.42. The maximum absolute atomic E-state index is 6.07. The summed E-state index contributed by atoms with van der Waals surface area (Å²) in [6, 6.07) is 8.90. The van der Waals surface area contributed by atoms with Crippen molar-refractivity contribution >= 4 is 0 Å². The van der Waals surface area contributed by atoms with Crippen LogP contribution in [0.2, 0.25) is 0 Å². The summed E-state index contributed by atoms with van der Waals surface area (Å²) in [5.74, 6) is 0. The third-order valence-electron chi connectivity index (χ3n) is 2.97. The van der Waals surface area contributed by atoms with E-state index in [1.165, 1.54) is 11.1 Å². The summed E-state index contributed by atoms with van der Waals surface area (Å²) in [6.07, 6.45) is 3.17. The highest BCUT2D eigenvalue weighted by Gasteiger charge is 2.08. The molecule has 0 aromatic heterocycles. The quantitative estimate of drug-likeness (QED) is 0.801. The van der Waals surface area contributed by atoms with Gasteiger partial charge in [0.15, 0.2) is 0 Å². The van der Waals surface area contributed by atoms with Gasteiger partial charge in [0.05, 0.1) is 6.10 Å². The summed E-state index contributed by atoms with van der Waals surface area (Å²) in [7, 11) is 1.73. The lowest BCUT2D eigenvalue weighted by Crippen LogP contribution is -2.27. The molecule has 16 heavy (non-hydrogen) atoms. The monoisotopic (exact) mass is 221 g/mol. The van der Waals surface area contributed by atoms with Crippen LogP contribution in [-0.2, 0) is 17.6 Å². The summed E-state index contributed by atoms with van der Waals surface area (Å²) < 4.78 is 5.22. The number of hydrogen-bond acceptors (Lipinski definition) is 2. The minimum Gasteiger partial charge on any atom is -0.382 e. The zero-order valence-corrected chi connectivity index (χ0v) is 10.6. The van der Waals surface area contributed by atoms with Gasteiger partial charge in [-0.05, 0) is 37.3 Å². The van der Waals surface area contributed by atoms with Crippen LogP contribution < -0.4 is 5.73 Å². The summed E-state index contributed by atoms with van der Waals surface area (Å²) >= 11 is 0. The van der Waals surface area contributed by atoms with Crippen molar-refractivity contribution in [2.24, 2.45) is 5.73 Å². The molecule has 90 valence electrons. The van der Waals surface area contributed by atoms with E-state index in [4.69, 9.17) is 10.5 Å².